The lowest BCUT2D eigenvalue weighted by Crippen LogP contribution is -2.32. The zero-order valence-corrected chi connectivity index (χ0v) is 22.2. The van der Waals surface area contributed by atoms with Crippen LogP contribution in [0.1, 0.15) is 33.6 Å². The van der Waals surface area contributed by atoms with Crippen molar-refractivity contribution < 1.29 is 17.9 Å². The minimum Gasteiger partial charge on any atom is -0.497 e. The van der Waals surface area contributed by atoms with Crippen molar-refractivity contribution in [2.75, 3.05) is 25.1 Å². The average molecular weight is 514 g/mol. The standard InChI is InChI=1S/C26H31N3O4S2/c1-6-16-28(17-7-2)35(31,32)23-14-10-21(11-15-23)29(25(30)19(3)4)26-27-24(18-34-26)20-8-12-22(33-5)13-9-20/h8-15,18H,3,6-7,16-17H2,1-2,4-5H3. The fourth-order valence-electron chi connectivity index (χ4n) is 3.53. The highest BCUT2D eigenvalue weighted by Gasteiger charge is 2.26. The van der Waals surface area contributed by atoms with Gasteiger partial charge >= 0.3 is 0 Å². The van der Waals surface area contributed by atoms with E-state index in [-0.39, 0.29) is 10.8 Å². The fraction of sp³-hybridized carbons (Fsp3) is 0.308. The molecule has 0 spiro atoms. The summed E-state index contributed by atoms with van der Waals surface area (Å²) in [5.41, 5.74) is 2.48. The molecule has 35 heavy (non-hydrogen) atoms. The summed E-state index contributed by atoms with van der Waals surface area (Å²) in [6.07, 6.45) is 1.47. The van der Waals surface area contributed by atoms with Gasteiger partial charge in [0.2, 0.25) is 10.0 Å². The van der Waals surface area contributed by atoms with E-state index < -0.39 is 10.0 Å². The van der Waals surface area contributed by atoms with Gasteiger partial charge in [-0.1, -0.05) is 20.4 Å². The number of aromatic nitrogens is 1. The number of hydrogen-bond donors (Lipinski definition) is 0. The number of anilines is 2. The number of carbonyl (C=O) groups excluding carboxylic acids is 1. The number of thiazole rings is 1. The van der Waals surface area contributed by atoms with Crippen LogP contribution in [-0.2, 0) is 14.8 Å². The highest BCUT2D eigenvalue weighted by molar-refractivity contribution is 7.89. The van der Waals surface area contributed by atoms with Crippen LogP contribution in [0.5, 0.6) is 5.75 Å². The van der Waals surface area contributed by atoms with Gasteiger partial charge in [-0.2, -0.15) is 4.31 Å². The summed E-state index contributed by atoms with van der Waals surface area (Å²) >= 11 is 1.33. The highest BCUT2D eigenvalue weighted by Crippen LogP contribution is 2.34. The molecule has 1 heterocycles. The van der Waals surface area contributed by atoms with Gasteiger partial charge in [0, 0.05) is 29.6 Å². The largest absolute Gasteiger partial charge is 0.497 e. The Labute approximate surface area is 211 Å². The van der Waals surface area contributed by atoms with Crippen LogP contribution >= 0.6 is 11.3 Å². The molecule has 0 aliphatic rings. The van der Waals surface area contributed by atoms with Crippen LogP contribution in [0, 0.1) is 0 Å². The van der Waals surface area contributed by atoms with E-state index >= 15 is 0 Å². The summed E-state index contributed by atoms with van der Waals surface area (Å²) in [6.45, 7) is 10.3. The van der Waals surface area contributed by atoms with Crippen LogP contribution in [0.25, 0.3) is 11.3 Å². The van der Waals surface area contributed by atoms with Crippen molar-refractivity contribution >= 4 is 38.1 Å². The number of sulfonamides is 1. The van der Waals surface area contributed by atoms with Crippen molar-refractivity contribution in [3.05, 3.63) is 66.1 Å². The molecule has 0 aliphatic heterocycles. The predicted molar refractivity (Wildman–Crippen MR) is 142 cm³/mol. The second-order valence-corrected chi connectivity index (χ2v) is 10.8. The summed E-state index contributed by atoms with van der Waals surface area (Å²) in [5.74, 6) is 0.435. The Morgan fingerprint density at radius 1 is 1.03 bits per heavy atom. The quantitative estimate of drug-likeness (QED) is 0.300. The van der Waals surface area contributed by atoms with E-state index in [1.54, 1.807) is 38.3 Å². The second kappa shape index (κ2) is 11.6. The fourth-order valence-corrected chi connectivity index (χ4v) is 6.01. The van der Waals surface area contributed by atoms with Gasteiger partial charge in [-0.3, -0.25) is 9.69 Å². The van der Waals surface area contributed by atoms with Crippen molar-refractivity contribution in [1.29, 1.82) is 0 Å². The monoisotopic (exact) mass is 513 g/mol. The lowest BCUT2D eigenvalue weighted by molar-refractivity contribution is -0.114. The molecule has 9 heteroatoms. The van der Waals surface area contributed by atoms with Gasteiger partial charge < -0.3 is 4.74 Å². The SMILES string of the molecule is C=C(C)C(=O)N(c1ccc(S(=O)(=O)N(CCC)CCC)cc1)c1nc(-c2ccc(OC)cc2)cs1. The first kappa shape index (κ1) is 26.6. The summed E-state index contributed by atoms with van der Waals surface area (Å²) in [5, 5.41) is 2.35. The van der Waals surface area contributed by atoms with Crippen molar-refractivity contribution in [2.24, 2.45) is 0 Å². The molecule has 7 nitrogen and oxygen atoms in total. The molecule has 0 atom stereocenters. The van der Waals surface area contributed by atoms with E-state index in [1.807, 2.05) is 43.5 Å². The summed E-state index contributed by atoms with van der Waals surface area (Å²) in [7, 11) is -2.01. The normalized spacial score (nSPS) is 11.5. The Morgan fingerprint density at radius 3 is 2.14 bits per heavy atom. The number of ether oxygens (including phenoxy) is 1. The topological polar surface area (TPSA) is 79.8 Å². The molecule has 0 saturated heterocycles. The number of rotatable bonds is 11. The van der Waals surface area contributed by atoms with Gasteiger partial charge in [0.15, 0.2) is 5.13 Å². The first-order valence-electron chi connectivity index (χ1n) is 11.4. The smallest absolute Gasteiger partial charge is 0.259 e. The average Bonchev–Trinajstić information content (AvgIpc) is 3.34. The second-order valence-electron chi connectivity index (χ2n) is 8.06. The highest BCUT2D eigenvalue weighted by atomic mass is 32.2. The van der Waals surface area contributed by atoms with E-state index in [4.69, 9.17) is 4.74 Å². The minimum atomic E-state index is -3.62. The maximum Gasteiger partial charge on any atom is 0.259 e. The molecule has 1 amide bonds. The number of carbonyl (C=O) groups is 1. The third-order valence-corrected chi connectivity index (χ3v) is 8.05. The Kier molecular flexibility index (Phi) is 8.82. The molecular weight excluding hydrogens is 482 g/mol. The van der Waals surface area contributed by atoms with Gasteiger partial charge in [0.25, 0.3) is 5.91 Å². The molecular formula is C26H31N3O4S2. The molecule has 0 radical (unpaired) electrons. The molecule has 1 aromatic heterocycles. The van der Waals surface area contributed by atoms with E-state index in [9.17, 15) is 13.2 Å². The molecule has 0 N–H and O–H groups in total. The Hall–Kier alpha value is -3.01. The number of hydrogen-bond acceptors (Lipinski definition) is 6. The molecule has 0 fully saturated rings. The molecule has 2 aromatic carbocycles. The lowest BCUT2D eigenvalue weighted by atomic mass is 10.2. The third-order valence-electron chi connectivity index (χ3n) is 5.32. The zero-order valence-electron chi connectivity index (χ0n) is 20.5. The van der Waals surface area contributed by atoms with Crippen LogP contribution in [0.3, 0.4) is 0 Å². The predicted octanol–water partition coefficient (Wildman–Crippen LogP) is 5.87. The van der Waals surface area contributed by atoms with Crippen LogP contribution in [0.2, 0.25) is 0 Å². The van der Waals surface area contributed by atoms with Gasteiger partial charge in [0.1, 0.15) is 5.75 Å². The summed E-state index contributed by atoms with van der Waals surface area (Å²) < 4.78 is 33.0. The molecule has 0 aliphatic carbocycles. The van der Waals surface area contributed by atoms with Gasteiger partial charge in [-0.15, -0.1) is 11.3 Å². The van der Waals surface area contributed by atoms with Gasteiger partial charge in [-0.05, 0) is 68.3 Å². The Balaban J connectivity index is 1.96. The van der Waals surface area contributed by atoms with Gasteiger partial charge in [-0.25, -0.2) is 13.4 Å². The number of benzene rings is 2. The molecule has 0 saturated carbocycles. The number of nitrogens with zero attached hydrogens (tertiary/aromatic N) is 3. The Bertz CT molecular complexity index is 1260. The maximum absolute atomic E-state index is 13.1. The molecule has 3 aromatic rings. The van der Waals surface area contributed by atoms with Crippen LogP contribution < -0.4 is 9.64 Å². The van der Waals surface area contributed by atoms with Crippen molar-refractivity contribution in [3.8, 4) is 17.0 Å². The van der Waals surface area contributed by atoms with Crippen LogP contribution in [0.4, 0.5) is 10.8 Å². The summed E-state index contributed by atoms with van der Waals surface area (Å²) in [6, 6.07) is 13.9. The number of amides is 1. The lowest BCUT2D eigenvalue weighted by Gasteiger charge is -2.23. The maximum atomic E-state index is 13.1. The zero-order chi connectivity index (χ0) is 25.6. The number of methoxy groups -OCH3 is 1. The van der Waals surface area contributed by atoms with E-state index in [1.165, 1.54) is 20.5 Å². The van der Waals surface area contributed by atoms with E-state index in [0.717, 1.165) is 29.8 Å². The first-order valence-corrected chi connectivity index (χ1v) is 13.7. The molecule has 0 bridgehead atoms. The third kappa shape index (κ3) is 5.98. The van der Waals surface area contributed by atoms with Crippen LogP contribution in [0.15, 0.2) is 71.0 Å². The first-order chi connectivity index (χ1) is 16.7. The molecule has 186 valence electrons. The van der Waals surface area contributed by atoms with Crippen molar-refractivity contribution in [1.82, 2.24) is 9.29 Å². The van der Waals surface area contributed by atoms with E-state index in [2.05, 4.69) is 11.6 Å². The van der Waals surface area contributed by atoms with Crippen molar-refractivity contribution in [3.63, 3.8) is 0 Å². The van der Waals surface area contributed by atoms with Crippen LogP contribution in [-0.4, -0.2) is 43.8 Å². The molecule has 0 unspecified atom stereocenters. The summed E-state index contributed by atoms with van der Waals surface area (Å²) in [4.78, 5) is 19.4. The van der Waals surface area contributed by atoms with E-state index in [0.29, 0.717) is 29.5 Å². The van der Waals surface area contributed by atoms with Crippen molar-refractivity contribution in [2.45, 2.75) is 38.5 Å². The molecule has 3 rings (SSSR count). The Morgan fingerprint density at radius 2 is 1.63 bits per heavy atom. The minimum absolute atomic E-state index is 0.198. The van der Waals surface area contributed by atoms with Gasteiger partial charge in [0.05, 0.1) is 23.4 Å².